The molecule has 140 valence electrons. The van der Waals surface area contributed by atoms with Crippen molar-refractivity contribution in [3.63, 3.8) is 0 Å². The van der Waals surface area contributed by atoms with Gasteiger partial charge >= 0.3 is 0 Å². The molecule has 26 heavy (non-hydrogen) atoms. The monoisotopic (exact) mass is 363 g/mol. The standard InChI is InChI=1S/C19H22FNO5/c1-10-7-12(11-3-2-4-13(21)8-11)5-6-14(10)25-19-16(20)18(24)17(23)15(9-22)26-19/h2-8,15-19,22-24H,9,21H2,1H3/t15?,16?,17-,18?,19+/m1/s1. The number of hydrogen-bond donors (Lipinski definition) is 4. The number of alkyl halides is 1. The number of aliphatic hydroxyl groups excluding tert-OH is 3. The second kappa shape index (κ2) is 7.59. The summed E-state index contributed by atoms with van der Waals surface area (Å²) in [5, 5.41) is 28.7. The minimum absolute atomic E-state index is 0.380. The van der Waals surface area contributed by atoms with E-state index in [4.69, 9.17) is 15.2 Å². The van der Waals surface area contributed by atoms with Crippen molar-refractivity contribution in [2.45, 2.75) is 37.7 Å². The SMILES string of the molecule is Cc1cc(-c2cccc(N)c2)ccc1O[C@H]1OC(CO)[C@@H](O)C(O)C1F. The van der Waals surface area contributed by atoms with Crippen LogP contribution in [-0.2, 0) is 4.74 Å². The van der Waals surface area contributed by atoms with Gasteiger partial charge in [0.15, 0.2) is 6.17 Å². The van der Waals surface area contributed by atoms with Crippen molar-refractivity contribution in [3.05, 3.63) is 48.0 Å². The van der Waals surface area contributed by atoms with E-state index in [0.717, 1.165) is 16.7 Å². The average Bonchev–Trinajstić information content (AvgIpc) is 2.63. The minimum atomic E-state index is -1.94. The summed E-state index contributed by atoms with van der Waals surface area (Å²) in [5.41, 5.74) is 9.06. The quantitative estimate of drug-likeness (QED) is 0.612. The number of ether oxygens (including phenoxy) is 2. The van der Waals surface area contributed by atoms with Gasteiger partial charge in [0.25, 0.3) is 0 Å². The summed E-state index contributed by atoms with van der Waals surface area (Å²) >= 11 is 0. The van der Waals surface area contributed by atoms with Gasteiger partial charge in [-0.25, -0.2) is 4.39 Å². The number of hydrogen-bond acceptors (Lipinski definition) is 6. The number of rotatable bonds is 4. The lowest BCUT2D eigenvalue weighted by atomic mass is 10.00. The van der Waals surface area contributed by atoms with Crippen LogP contribution in [0.4, 0.5) is 10.1 Å². The molecule has 0 spiro atoms. The lowest BCUT2D eigenvalue weighted by Crippen LogP contribution is -2.58. The smallest absolute Gasteiger partial charge is 0.234 e. The predicted molar refractivity (Wildman–Crippen MR) is 94.3 cm³/mol. The molecule has 0 radical (unpaired) electrons. The molecule has 6 nitrogen and oxygen atoms in total. The molecule has 3 unspecified atom stereocenters. The zero-order valence-corrected chi connectivity index (χ0v) is 14.2. The number of anilines is 1. The molecule has 1 saturated heterocycles. The third kappa shape index (κ3) is 3.66. The molecule has 0 aromatic heterocycles. The summed E-state index contributed by atoms with van der Waals surface area (Å²) in [6.07, 6.45) is -7.70. The van der Waals surface area contributed by atoms with Crippen LogP contribution in [0.2, 0.25) is 0 Å². The van der Waals surface area contributed by atoms with Crippen LogP contribution >= 0.6 is 0 Å². The van der Waals surface area contributed by atoms with Crippen LogP contribution < -0.4 is 10.5 Å². The van der Waals surface area contributed by atoms with Gasteiger partial charge in [-0.3, -0.25) is 0 Å². The first kappa shape index (κ1) is 18.6. The molecule has 1 fully saturated rings. The first-order chi connectivity index (χ1) is 12.4. The van der Waals surface area contributed by atoms with Crippen LogP contribution in [0.5, 0.6) is 5.75 Å². The Morgan fingerprint density at radius 1 is 1.12 bits per heavy atom. The van der Waals surface area contributed by atoms with Crippen molar-refractivity contribution in [3.8, 4) is 16.9 Å². The number of benzene rings is 2. The van der Waals surface area contributed by atoms with Crippen LogP contribution in [-0.4, -0.2) is 52.7 Å². The molecule has 0 aliphatic carbocycles. The van der Waals surface area contributed by atoms with Gasteiger partial charge in [-0.2, -0.15) is 0 Å². The zero-order chi connectivity index (χ0) is 18.8. The zero-order valence-electron chi connectivity index (χ0n) is 14.2. The molecule has 0 saturated carbocycles. The Hall–Kier alpha value is -2.19. The Morgan fingerprint density at radius 2 is 1.85 bits per heavy atom. The van der Waals surface area contributed by atoms with Crippen molar-refractivity contribution < 1.29 is 29.2 Å². The molecule has 1 aliphatic rings. The summed E-state index contributed by atoms with van der Waals surface area (Å²) in [6.45, 7) is 1.24. The van der Waals surface area contributed by atoms with Crippen molar-refractivity contribution >= 4 is 5.69 Å². The molecule has 5 atom stereocenters. The maximum absolute atomic E-state index is 14.3. The Morgan fingerprint density at radius 3 is 2.50 bits per heavy atom. The van der Waals surface area contributed by atoms with Crippen LogP contribution in [0, 0.1) is 6.92 Å². The van der Waals surface area contributed by atoms with E-state index in [1.54, 1.807) is 19.1 Å². The van der Waals surface area contributed by atoms with Crippen LogP contribution in [0.15, 0.2) is 42.5 Å². The average molecular weight is 363 g/mol. The molecule has 2 aromatic carbocycles. The molecule has 3 rings (SSSR count). The minimum Gasteiger partial charge on any atom is -0.461 e. The van der Waals surface area contributed by atoms with Gasteiger partial charge in [-0.1, -0.05) is 18.2 Å². The van der Waals surface area contributed by atoms with Crippen molar-refractivity contribution in [2.24, 2.45) is 0 Å². The summed E-state index contributed by atoms with van der Waals surface area (Å²) in [6, 6.07) is 12.8. The second-order valence-electron chi connectivity index (χ2n) is 6.37. The lowest BCUT2D eigenvalue weighted by molar-refractivity contribution is -0.262. The fraction of sp³-hybridized carbons (Fsp3) is 0.368. The van der Waals surface area contributed by atoms with E-state index in [9.17, 15) is 19.7 Å². The van der Waals surface area contributed by atoms with Crippen molar-refractivity contribution in [2.75, 3.05) is 12.3 Å². The molecular formula is C19H22FNO5. The predicted octanol–water partition coefficient (Wildman–Crippen LogP) is 1.40. The molecule has 7 heteroatoms. The van der Waals surface area contributed by atoms with E-state index in [-0.39, 0.29) is 0 Å². The van der Waals surface area contributed by atoms with Gasteiger partial charge < -0.3 is 30.5 Å². The van der Waals surface area contributed by atoms with Gasteiger partial charge in [0.05, 0.1) is 6.61 Å². The van der Waals surface area contributed by atoms with E-state index in [0.29, 0.717) is 11.4 Å². The topological polar surface area (TPSA) is 105 Å². The first-order valence-electron chi connectivity index (χ1n) is 8.30. The summed E-state index contributed by atoms with van der Waals surface area (Å²) in [7, 11) is 0. The van der Waals surface area contributed by atoms with Crippen molar-refractivity contribution in [1.29, 1.82) is 0 Å². The van der Waals surface area contributed by atoms with Crippen LogP contribution in [0.25, 0.3) is 11.1 Å². The lowest BCUT2D eigenvalue weighted by Gasteiger charge is -2.38. The molecule has 1 aliphatic heterocycles. The van der Waals surface area contributed by atoms with Crippen LogP contribution in [0.1, 0.15) is 5.56 Å². The maximum Gasteiger partial charge on any atom is 0.234 e. The van der Waals surface area contributed by atoms with Crippen LogP contribution in [0.3, 0.4) is 0 Å². The third-order valence-electron chi connectivity index (χ3n) is 4.44. The largest absolute Gasteiger partial charge is 0.461 e. The van der Waals surface area contributed by atoms with E-state index in [2.05, 4.69) is 0 Å². The van der Waals surface area contributed by atoms with Gasteiger partial charge in [0.1, 0.15) is 24.1 Å². The fourth-order valence-electron chi connectivity index (χ4n) is 2.95. The summed E-state index contributed by atoms with van der Waals surface area (Å²) in [5.74, 6) is 0.380. The maximum atomic E-state index is 14.3. The highest BCUT2D eigenvalue weighted by Gasteiger charge is 2.46. The Labute approximate surface area is 150 Å². The number of nitrogen functional groups attached to an aromatic ring is 1. The number of halogens is 1. The molecule has 2 aromatic rings. The molecule has 5 N–H and O–H groups in total. The van der Waals surface area contributed by atoms with E-state index >= 15 is 0 Å². The molecule has 0 amide bonds. The fourth-order valence-corrected chi connectivity index (χ4v) is 2.95. The second-order valence-corrected chi connectivity index (χ2v) is 6.37. The first-order valence-corrected chi connectivity index (χ1v) is 8.30. The van der Waals surface area contributed by atoms with E-state index in [1.165, 1.54) is 0 Å². The molecule has 1 heterocycles. The van der Waals surface area contributed by atoms with Crippen molar-refractivity contribution in [1.82, 2.24) is 0 Å². The number of aryl methyl sites for hydroxylation is 1. The number of aliphatic hydroxyl groups is 3. The number of nitrogens with two attached hydrogens (primary N) is 1. The Kier molecular flexibility index (Phi) is 5.43. The van der Waals surface area contributed by atoms with Gasteiger partial charge in [-0.05, 0) is 47.9 Å². The highest BCUT2D eigenvalue weighted by Crippen LogP contribution is 2.31. The normalized spacial score (nSPS) is 28.7. The molecular weight excluding hydrogens is 341 g/mol. The van der Waals surface area contributed by atoms with Gasteiger partial charge in [-0.15, -0.1) is 0 Å². The van der Waals surface area contributed by atoms with E-state index < -0.39 is 37.4 Å². The highest BCUT2D eigenvalue weighted by molar-refractivity contribution is 5.68. The summed E-state index contributed by atoms with van der Waals surface area (Å²) in [4.78, 5) is 0. The Balaban J connectivity index is 1.80. The highest BCUT2D eigenvalue weighted by atomic mass is 19.1. The van der Waals surface area contributed by atoms with Gasteiger partial charge in [0.2, 0.25) is 6.29 Å². The van der Waals surface area contributed by atoms with Gasteiger partial charge in [0, 0.05) is 5.69 Å². The Bertz CT molecular complexity index is 769. The summed E-state index contributed by atoms with van der Waals surface area (Å²) < 4.78 is 25.1. The molecule has 0 bridgehead atoms. The third-order valence-corrected chi connectivity index (χ3v) is 4.44. The van der Waals surface area contributed by atoms with E-state index in [1.807, 2.05) is 30.3 Å².